The molecule has 0 saturated heterocycles. The number of hydrogen-bond acceptors (Lipinski definition) is 4. The highest BCUT2D eigenvalue weighted by atomic mass is 79.9. The highest BCUT2D eigenvalue weighted by molar-refractivity contribution is 9.10. The molecule has 0 aliphatic carbocycles. The average Bonchev–Trinajstić information content (AvgIpc) is 2.91. The normalized spacial score (nSPS) is 11.3. The van der Waals surface area contributed by atoms with E-state index in [9.17, 15) is 9.59 Å². The van der Waals surface area contributed by atoms with Crippen LogP contribution in [0.3, 0.4) is 0 Å². The van der Waals surface area contributed by atoms with Crippen molar-refractivity contribution >= 4 is 39.0 Å². The van der Waals surface area contributed by atoms with Gasteiger partial charge < -0.3 is 4.74 Å². The van der Waals surface area contributed by atoms with Gasteiger partial charge in [-0.05, 0) is 27.4 Å². The van der Waals surface area contributed by atoms with Gasteiger partial charge >= 0.3 is 5.97 Å². The van der Waals surface area contributed by atoms with E-state index in [0.29, 0.717) is 12.0 Å². The second kappa shape index (κ2) is 7.88. The van der Waals surface area contributed by atoms with Crippen LogP contribution < -0.4 is 0 Å². The topological polar surface area (TPSA) is 43.4 Å². The molecule has 0 aliphatic heterocycles. The van der Waals surface area contributed by atoms with Gasteiger partial charge in [0.15, 0.2) is 5.78 Å². The fourth-order valence-electron chi connectivity index (χ4n) is 2.25. The Morgan fingerprint density at radius 2 is 1.87 bits per heavy atom. The zero-order chi connectivity index (χ0) is 16.9. The molecule has 0 saturated carbocycles. The largest absolute Gasteiger partial charge is 0.460 e. The lowest BCUT2D eigenvalue weighted by atomic mass is 9.82. The molecule has 1 heterocycles. The fourth-order valence-corrected chi connectivity index (χ4v) is 3.61. The van der Waals surface area contributed by atoms with E-state index in [1.807, 2.05) is 43.5 Å². The van der Waals surface area contributed by atoms with E-state index in [0.717, 1.165) is 9.35 Å². The van der Waals surface area contributed by atoms with E-state index in [2.05, 4.69) is 15.9 Å². The van der Waals surface area contributed by atoms with E-state index >= 15 is 0 Å². The number of carbonyl (C=O) groups is 2. The molecule has 122 valence electrons. The smallest absolute Gasteiger partial charge is 0.306 e. The molecule has 2 aromatic rings. The lowest BCUT2D eigenvalue weighted by Gasteiger charge is -2.22. The van der Waals surface area contributed by atoms with Gasteiger partial charge in [-0.15, -0.1) is 11.3 Å². The Kier molecular flexibility index (Phi) is 6.13. The standard InChI is InChI=1S/C18H19BrO3S/c1-18(2,9-16(20)13-6-4-3-5-7-13)10-17(21)22-11-15-8-14(19)12-23-15/h3-8,12H,9-11H2,1-2H3. The minimum absolute atomic E-state index is 0.0468. The lowest BCUT2D eigenvalue weighted by molar-refractivity contribution is -0.147. The second-order valence-electron chi connectivity index (χ2n) is 6.20. The first-order valence-electron chi connectivity index (χ1n) is 7.32. The van der Waals surface area contributed by atoms with Crippen LogP contribution in [0.4, 0.5) is 0 Å². The monoisotopic (exact) mass is 394 g/mol. The van der Waals surface area contributed by atoms with Crippen molar-refractivity contribution in [2.24, 2.45) is 5.41 Å². The van der Waals surface area contributed by atoms with Crippen molar-refractivity contribution in [3.63, 3.8) is 0 Å². The third kappa shape index (κ3) is 5.92. The molecule has 0 N–H and O–H groups in total. The minimum atomic E-state index is -0.431. The zero-order valence-corrected chi connectivity index (χ0v) is 15.6. The summed E-state index contributed by atoms with van der Waals surface area (Å²) in [4.78, 5) is 25.3. The first kappa shape index (κ1) is 17.9. The molecule has 0 bridgehead atoms. The van der Waals surface area contributed by atoms with Crippen LogP contribution in [0.15, 0.2) is 46.3 Å². The lowest BCUT2D eigenvalue weighted by Crippen LogP contribution is -2.22. The van der Waals surface area contributed by atoms with E-state index in [1.165, 1.54) is 11.3 Å². The molecule has 0 amide bonds. The number of thiophene rings is 1. The summed E-state index contributed by atoms with van der Waals surface area (Å²) in [6, 6.07) is 11.1. The van der Waals surface area contributed by atoms with Crippen molar-refractivity contribution in [2.45, 2.75) is 33.3 Å². The summed E-state index contributed by atoms with van der Waals surface area (Å²) < 4.78 is 6.29. The SMILES string of the molecule is CC(C)(CC(=O)OCc1cc(Br)cs1)CC(=O)c1ccccc1. The van der Waals surface area contributed by atoms with Crippen LogP contribution in [0.1, 0.15) is 41.9 Å². The number of rotatable bonds is 7. The van der Waals surface area contributed by atoms with Crippen LogP contribution in [-0.2, 0) is 16.1 Å². The first-order valence-corrected chi connectivity index (χ1v) is 9.00. The summed E-state index contributed by atoms with van der Waals surface area (Å²) in [5, 5.41) is 1.95. The zero-order valence-electron chi connectivity index (χ0n) is 13.2. The quantitative estimate of drug-likeness (QED) is 0.476. The summed E-state index contributed by atoms with van der Waals surface area (Å²) in [7, 11) is 0. The van der Waals surface area contributed by atoms with Crippen LogP contribution in [-0.4, -0.2) is 11.8 Å². The molecule has 0 unspecified atom stereocenters. The summed E-state index contributed by atoms with van der Waals surface area (Å²) in [5.41, 5.74) is 0.248. The maximum Gasteiger partial charge on any atom is 0.306 e. The maximum atomic E-state index is 12.3. The van der Waals surface area contributed by atoms with Crippen molar-refractivity contribution in [3.8, 4) is 0 Å². The molecule has 0 aliphatic rings. The van der Waals surface area contributed by atoms with Crippen LogP contribution in [0.25, 0.3) is 0 Å². The van der Waals surface area contributed by atoms with Crippen LogP contribution in [0.5, 0.6) is 0 Å². The number of ether oxygens (including phenoxy) is 1. The average molecular weight is 395 g/mol. The number of halogens is 1. The predicted molar refractivity (Wildman–Crippen MR) is 95.6 cm³/mol. The van der Waals surface area contributed by atoms with Gasteiger partial charge in [0.25, 0.3) is 0 Å². The second-order valence-corrected chi connectivity index (χ2v) is 8.11. The molecule has 5 heteroatoms. The number of ketones is 1. The molecule has 0 radical (unpaired) electrons. The molecule has 3 nitrogen and oxygen atoms in total. The Bertz CT molecular complexity index is 677. The van der Waals surface area contributed by atoms with Gasteiger partial charge in [-0.1, -0.05) is 44.2 Å². The van der Waals surface area contributed by atoms with Gasteiger partial charge in [-0.25, -0.2) is 0 Å². The van der Waals surface area contributed by atoms with Crippen molar-refractivity contribution in [2.75, 3.05) is 0 Å². The van der Waals surface area contributed by atoms with Crippen molar-refractivity contribution in [1.82, 2.24) is 0 Å². The Morgan fingerprint density at radius 1 is 1.17 bits per heavy atom. The number of Topliss-reactive ketones (excluding diaryl/α,β-unsaturated/α-hetero) is 1. The first-order chi connectivity index (χ1) is 10.9. The van der Waals surface area contributed by atoms with Gasteiger partial charge in [-0.2, -0.15) is 0 Å². The van der Waals surface area contributed by atoms with E-state index in [-0.39, 0.29) is 24.8 Å². The summed E-state index contributed by atoms with van der Waals surface area (Å²) in [6.45, 7) is 4.10. The van der Waals surface area contributed by atoms with Crippen molar-refractivity contribution < 1.29 is 14.3 Å². The molecule has 0 fully saturated rings. The third-order valence-corrected chi connectivity index (χ3v) is 5.03. The number of hydrogen-bond donors (Lipinski definition) is 0. The Balaban J connectivity index is 1.84. The molecule has 0 atom stereocenters. The molecule has 1 aromatic carbocycles. The molecule has 1 aromatic heterocycles. The van der Waals surface area contributed by atoms with Crippen molar-refractivity contribution in [3.05, 3.63) is 56.7 Å². The summed E-state index contributed by atoms with van der Waals surface area (Å²) in [6.07, 6.45) is 0.536. The molecular weight excluding hydrogens is 376 g/mol. The highest BCUT2D eigenvalue weighted by Gasteiger charge is 2.26. The van der Waals surface area contributed by atoms with E-state index in [1.54, 1.807) is 12.1 Å². The maximum absolute atomic E-state index is 12.3. The van der Waals surface area contributed by atoms with E-state index in [4.69, 9.17) is 4.74 Å². The van der Waals surface area contributed by atoms with E-state index < -0.39 is 5.41 Å². The number of esters is 1. The summed E-state index contributed by atoms with van der Waals surface area (Å²) >= 11 is 4.91. The van der Waals surface area contributed by atoms with Crippen molar-refractivity contribution in [1.29, 1.82) is 0 Å². The van der Waals surface area contributed by atoms with Gasteiger partial charge in [0.05, 0.1) is 6.42 Å². The van der Waals surface area contributed by atoms with Crippen LogP contribution >= 0.6 is 27.3 Å². The molecular formula is C18H19BrO3S. The Labute approximate surface area is 148 Å². The van der Waals surface area contributed by atoms with Gasteiger partial charge in [0.2, 0.25) is 0 Å². The van der Waals surface area contributed by atoms with Gasteiger partial charge in [0, 0.05) is 26.7 Å². The fraction of sp³-hybridized carbons (Fsp3) is 0.333. The Hall–Kier alpha value is -1.46. The molecule has 0 spiro atoms. The molecule has 2 rings (SSSR count). The van der Waals surface area contributed by atoms with Gasteiger partial charge in [-0.3, -0.25) is 9.59 Å². The van der Waals surface area contributed by atoms with Gasteiger partial charge in [0.1, 0.15) is 6.61 Å². The Morgan fingerprint density at radius 3 is 2.48 bits per heavy atom. The number of benzene rings is 1. The van der Waals surface area contributed by atoms with Crippen LogP contribution in [0, 0.1) is 5.41 Å². The predicted octanol–water partition coefficient (Wildman–Crippen LogP) is 5.24. The number of carbonyl (C=O) groups excluding carboxylic acids is 2. The summed E-state index contributed by atoms with van der Waals surface area (Å²) in [5.74, 6) is -0.231. The van der Waals surface area contributed by atoms with Crippen LogP contribution in [0.2, 0.25) is 0 Å². The highest BCUT2D eigenvalue weighted by Crippen LogP contribution is 2.28. The minimum Gasteiger partial charge on any atom is -0.460 e. The third-order valence-electron chi connectivity index (χ3n) is 3.35. The molecule has 23 heavy (non-hydrogen) atoms.